The van der Waals surface area contributed by atoms with Crippen molar-refractivity contribution in [3.05, 3.63) is 127 Å². The van der Waals surface area contributed by atoms with Crippen LogP contribution in [-0.4, -0.2) is 132 Å². The number of nitrogens with zero attached hydrogens (tertiary/aromatic N) is 8. The highest BCUT2D eigenvalue weighted by atomic mass is 16.5. The van der Waals surface area contributed by atoms with Crippen molar-refractivity contribution in [2.24, 2.45) is 0 Å². The lowest BCUT2D eigenvalue weighted by atomic mass is 10.1. The number of aldehydes is 1. The summed E-state index contributed by atoms with van der Waals surface area (Å²) < 4.78 is 1.90. The molecule has 3 aromatic heterocycles. The number of hydrogen-bond acceptors (Lipinski definition) is 13. The molecule has 4 N–H and O–H groups in total. The number of carbonyl (C=O) groups excluding carboxylic acids is 1. The third kappa shape index (κ3) is 10.3. The maximum Gasteiger partial charge on any atom is 0.283 e. The predicted octanol–water partition coefficient (Wildman–Crippen LogP) is 0.527. The lowest BCUT2D eigenvalue weighted by Crippen LogP contribution is -2.47. The third-order valence-corrected chi connectivity index (χ3v) is 8.87. The van der Waals surface area contributed by atoms with Gasteiger partial charge in [0, 0.05) is 97.2 Å². The molecular formula is C34H46N8O8. The zero-order valence-corrected chi connectivity index (χ0v) is 28.4. The van der Waals surface area contributed by atoms with Crippen molar-refractivity contribution < 1.29 is 25.6 Å². The molecule has 0 bridgehead atoms. The highest BCUT2D eigenvalue weighted by molar-refractivity contribution is 5.65. The quantitative estimate of drug-likeness (QED) is 0.0719. The molecule has 1 saturated heterocycles. The summed E-state index contributed by atoms with van der Waals surface area (Å²) in [5.74, 6) is 0. The Bertz CT molecular complexity index is 1820. The summed E-state index contributed by atoms with van der Waals surface area (Å²) in [6.07, 6.45) is 5.16. The zero-order valence-electron chi connectivity index (χ0n) is 28.4. The lowest BCUT2D eigenvalue weighted by molar-refractivity contribution is -0.104. The van der Waals surface area contributed by atoms with Crippen LogP contribution in [0.15, 0.2) is 92.9 Å². The first-order chi connectivity index (χ1) is 24.0. The summed E-state index contributed by atoms with van der Waals surface area (Å²) in [5.41, 5.74) is 0.106. The molecule has 0 saturated carbocycles. The van der Waals surface area contributed by atoms with Gasteiger partial charge >= 0.3 is 0 Å². The van der Waals surface area contributed by atoms with Crippen LogP contribution in [0.2, 0.25) is 0 Å². The van der Waals surface area contributed by atoms with Crippen molar-refractivity contribution in [3.8, 4) is 0 Å². The first-order valence-corrected chi connectivity index (χ1v) is 16.3. The van der Waals surface area contributed by atoms with E-state index in [1.165, 1.54) is 31.3 Å². The second-order valence-electron chi connectivity index (χ2n) is 12.2. The van der Waals surface area contributed by atoms with Gasteiger partial charge in [-0.3, -0.25) is 49.0 Å². The van der Waals surface area contributed by atoms with Crippen molar-refractivity contribution in [1.82, 2.24) is 38.9 Å². The molecule has 1 unspecified atom stereocenters. The van der Waals surface area contributed by atoms with E-state index in [1.54, 1.807) is 48.6 Å². The van der Waals surface area contributed by atoms with Crippen LogP contribution < -0.4 is 16.7 Å². The maximum atomic E-state index is 12.3. The van der Waals surface area contributed by atoms with Gasteiger partial charge in [0.1, 0.15) is 6.29 Å². The van der Waals surface area contributed by atoms with Crippen molar-refractivity contribution in [2.45, 2.75) is 26.1 Å². The molecule has 16 heteroatoms. The summed E-state index contributed by atoms with van der Waals surface area (Å²) in [6, 6.07) is 13.2. The van der Waals surface area contributed by atoms with E-state index in [0.29, 0.717) is 102 Å². The van der Waals surface area contributed by atoms with Gasteiger partial charge in [0.05, 0.1) is 28.8 Å². The molecule has 50 heavy (non-hydrogen) atoms. The van der Waals surface area contributed by atoms with E-state index in [2.05, 4.69) is 19.6 Å². The van der Waals surface area contributed by atoms with Gasteiger partial charge in [-0.05, 0) is 37.3 Å². The fraction of sp³-hybridized carbons (Fsp3) is 0.412. The highest BCUT2D eigenvalue weighted by Gasteiger charge is 2.24. The van der Waals surface area contributed by atoms with Crippen molar-refractivity contribution in [3.63, 3.8) is 0 Å². The number of rotatable bonds is 11. The number of allylic oxidation sites excluding steroid dienone is 3. The van der Waals surface area contributed by atoms with Gasteiger partial charge in [-0.15, -0.1) is 0 Å². The van der Waals surface area contributed by atoms with Crippen LogP contribution in [0.3, 0.4) is 0 Å². The van der Waals surface area contributed by atoms with Crippen LogP contribution in [0.5, 0.6) is 0 Å². The predicted molar refractivity (Wildman–Crippen MR) is 183 cm³/mol. The summed E-state index contributed by atoms with van der Waals surface area (Å²) in [7, 11) is 1.50. The van der Waals surface area contributed by atoms with E-state index in [9.17, 15) is 40.0 Å². The van der Waals surface area contributed by atoms with Gasteiger partial charge in [-0.25, -0.2) is 0 Å². The van der Waals surface area contributed by atoms with Crippen molar-refractivity contribution in [1.29, 1.82) is 0 Å². The number of aromatic nitrogens is 3. The standard InChI is InChI=1S/C34H46N8O8/c1-27(31-11-7-14-34(46)42(31)50)39-21-19-37(24-28(35(2)47)8-3-4-23-43)17-15-36(25-29-9-5-12-32(44)40(29)48)16-18-38(20-22-39)26-30-10-6-13-33(45)41(30)49/h3-14,23,27,47-50H,15-22,24-26H2,1-2H3/b4-3-,28-8-. The fourth-order valence-electron chi connectivity index (χ4n) is 5.87. The van der Waals surface area contributed by atoms with Crippen molar-refractivity contribution >= 4 is 6.29 Å². The van der Waals surface area contributed by atoms with Crippen LogP contribution >= 0.6 is 0 Å². The van der Waals surface area contributed by atoms with E-state index in [1.807, 2.05) is 6.92 Å². The molecule has 4 rings (SSSR count). The molecule has 16 nitrogen and oxygen atoms in total. The van der Waals surface area contributed by atoms with Crippen LogP contribution in [-0.2, 0) is 17.9 Å². The lowest BCUT2D eigenvalue weighted by Gasteiger charge is -2.37. The molecule has 270 valence electrons. The normalized spacial score (nSPS) is 17.3. The minimum atomic E-state index is -0.549. The molecule has 0 aromatic carbocycles. The monoisotopic (exact) mass is 694 g/mol. The Hall–Kier alpha value is -5.00. The average Bonchev–Trinajstić information content (AvgIpc) is 3.08. The van der Waals surface area contributed by atoms with Crippen LogP contribution in [0.4, 0.5) is 0 Å². The Kier molecular flexibility index (Phi) is 13.7. The van der Waals surface area contributed by atoms with E-state index in [-0.39, 0.29) is 13.1 Å². The Morgan fingerprint density at radius 1 is 0.700 bits per heavy atom. The van der Waals surface area contributed by atoms with Gasteiger partial charge in [-0.1, -0.05) is 24.3 Å². The fourth-order valence-corrected chi connectivity index (χ4v) is 5.87. The molecule has 0 spiro atoms. The van der Waals surface area contributed by atoms with Crippen LogP contribution in [0.25, 0.3) is 0 Å². The zero-order chi connectivity index (χ0) is 36.2. The van der Waals surface area contributed by atoms with E-state index in [4.69, 9.17) is 0 Å². The molecule has 1 fully saturated rings. The Morgan fingerprint density at radius 3 is 1.68 bits per heavy atom. The topological polar surface area (TPSA) is 180 Å². The Balaban J connectivity index is 1.69. The molecular weight excluding hydrogens is 648 g/mol. The maximum absolute atomic E-state index is 12.3. The van der Waals surface area contributed by atoms with E-state index < -0.39 is 22.7 Å². The van der Waals surface area contributed by atoms with E-state index >= 15 is 0 Å². The van der Waals surface area contributed by atoms with Gasteiger partial charge in [0.2, 0.25) is 0 Å². The summed E-state index contributed by atoms with van der Waals surface area (Å²) in [5, 5.41) is 43.0. The first-order valence-electron chi connectivity index (χ1n) is 16.3. The summed E-state index contributed by atoms with van der Waals surface area (Å²) >= 11 is 0. The molecule has 4 heterocycles. The average molecular weight is 695 g/mol. The molecule has 0 radical (unpaired) electrons. The summed E-state index contributed by atoms with van der Waals surface area (Å²) in [4.78, 5) is 56.1. The number of hydrogen-bond donors (Lipinski definition) is 4. The summed E-state index contributed by atoms with van der Waals surface area (Å²) in [6.45, 7) is 6.57. The third-order valence-electron chi connectivity index (χ3n) is 8.87. The van der Waals surface area contributed by atoms with Crippen LogP contribution in [0.1, 0.15) is 30.0 Å². The second kappa shape index (κ2) is 18.1. The molecule has 0 aliphatic carbocycles. The minimum Gasteiger partial charge on any atom is -0.425 e. The van der Waals surface area contributed by atoms with Gasteiger partial charge in [0.15, 0.2) is 0 Å². The van der Waals surface area contributed by atoms with E-state index in [0.717, 1.165) is 5.06 Å². The van der Waals surface area contributed by atoms with Crippen molar-refractivity contribution in [2.75, 3.05) is 66.0 Å². The Labute approximate surface area is 289 Å². The van der Waals surface area contributed by atoms with Gasteiger partial charge in [-0.2, -0.15) is 14.2 Å². The molecule has 1 aliphatic rings. The number of pyridine rings is 3. The molecule has 1 aliphatic heterocycles. The molecule has 3 aromatic rings. The SMILES string of the molecule is CC(c1cccc(=O)n1O)N1CCN(C/C(=C/C=C\C=O)N(C)O)CCN(Cc2cccc(=O)n2O)CCN(Cc2cccc(=O)n2O)CC1. The molecule has 0 amide bonds. The highest BCUT2D eigenvalue weighted by Crippen LogP contribution is 2.19. The number of likely N-dealkylation sites (N-methyl/N-ethyl adjacent to an activating group) is 1. The Morgan fingerprint density at radius 2 is 1.16 bits per heavy atom. The number of hydroxylamine groups is 2. The number of carbonyl (C=O) groups is 1. The first kappa shape index (κ1) is 37.8. The van der Waals surface area contributed by atoms with Gasteiger partial charge < -0.3 is 15.6 Å². The molecule has 1 atom stereocenters. The van der Waals surface area contributed by atoms with Gasteiger partial charge in [0.25, 0.3) is 16.7 Å². The smallest absolute Gasteiger partial charge is 0.283 e. The minimum absolute atomic E-state index is 0.242. The van der Waals surface area contributed by atoms with Crippen LogP contribution in [0, 0.1) is 0 Å². The largest absolute Gasteiger partial charge is 0.425 e. The second-order valence-corrected chi connectivity index (χ2v) is 12.2.